The lowest BCUT2D eigenvalue weighted by Crippen LogP contribution is -2.44. The quantitative estimate of drug-likeness (QED) is 0.553. The van der Waals surface area contributed by atoms with Crippen LogP contribution in [0.25, 0.3) is 11.5 Å². The lowest BCUT2D eigenvalue weighted by Gasteiger charge is -2.30. The number of piperazine rings is 1. The second-order valence-corrected chi connectivity index (χ2v) is 5.81. The first-order valence-corrected chi connectivity index (χ1v) is 7.97. The van der Waals surface area contributed by atoms with Crippen LogP contribution >= 0.6 is 12.4 Å². The van der Waals surface area contributed by atoms with Crippen LogP contribution in [0.5, 0.6) is 11.5 Å². The second-order valence-electron chi connectivity index (χ2n) is 5.81. The predicted octanol–water partition coefficient (Wildman–Crippen LogP) is 2.25. The molecule has 0 spiro atoms. The molecule has 154 valence electrons. The lowest BCUT2D eigenvalue weighted by atomic mass is 10.1. The largest absolute Gasteiger partial charge is 0.493 e. The van der Waals surface area contributed by atoms with Gasteiger partial charge in [-0.2, -0.15) is 13.8 Å². The SMILES string of the molecule is COc1cc(-c2nc(C3CNCCN3C)no2)c([N+](=O)[O-])cc1OC(F)F.Cl. The molecular formula is C15H18ClF2N5O5. The summed E-state index contributed by atoms with van der Waals surface area (Å²) >= 11 is 0. The summed E-state index contributed by atoms with van der Waals surface area (Å²) in [4.78, 5) is 16.9. The molecular weight excluding hydrogens is 404 g/mol. The van der Waals surface area contributed by atoms with Crippen molar-refractivity contribution in [2.24, 2.45) is 0 Å². The number of nitrogens with zero attached hydrogens (tertiary/aromatic N) is 4. The summed E-state index contributed by atoms with van der Waals surface area (Å²) in [5, 5.41) is 18.5. The molecule has 13 heteroatoms. The predicted molar refractivity (Wildman–Crippen MR) is 95.1 cm³/mol. The number of ether oxygens (including phenoxy) is 2. The van der Waals surface area contributed by atoms with E-state index in [0.29, 0.717) is 12.4 Å². The van der Waals surface area contributed by atoms with E-state index in [2.05, 4.69) is 20.2 Å². The maximum Gasteiger partial charge on any atom is 0.387 e. The zero-order valence-electron chi connectivity index (χ0n) is 14.9. The third-order valence-electron chi connectivity index (χ3n) is 4.18. The number of methoxy groups -OCH3 is 1. The Hall–Kier alpha value is -2.57. The number of nitro groups is 1. The highest BCUT2D eigenvalue weighted by atomic mass is 35.5. The topological polar surface area (TPSA) is 116 Å². The van der Waals surface area contributed by atoms with Crippen molar-refractivity contribution in [2.75, 3.05) is 33.8 Å². The van der Waals surface area contributed by atoms with Crippen molar-refractivity contribution in [3.8, 4) is 23.0 Å². The molecule has 3 rings (SSSR count). The van der Waals surface area contributed by atoms with Gasteiger partial charge in [0.25, 0.3) is 11.6 Å². The first-order valence-electron chi connectivity index (χ1n) is 7.97. The minimum atomic E-state index is -3.16. The number of hydrogen-bond acceptors (Lipinski definition) is 9. The number of halogens is 3. The minimum absolute atomic E-state index is 0. The smallest absolute Gasteiger partial charge is 0.387 e. The van der Waals surface area contributed by atoms with Crippen molar-refractivity contribution < 1.29 is 27.7 Å². The molecule has 1 aliphatic rings. The number of likely N-dealkylation sites (N-methyl/N-ethyl adjacent to an activating group) is 1. The standard InChI is InChI=1S/C15H17F2N5O5.ClH/c1-21-4-3-18-7-10(21)13-19-14(27-20-13)8-5-11(25-2)12(26-15(16)17)6-9(8)22(23)24;/h5-6,10,15,18H,3-4,7H2,1-2H3;1H. The summed E-state index contributed by atoms with van der Waals surface area (Å²) in [5.74, 6) is -0.329. The molecule has 0 radical (unpaired) electrons. The van der Waals surface area contributed by atoms with Crippen LogP contribution in [-0.2, 0) is 0 Å². The van der Waals surface area contributed by atoms with Crippen molar-refractivity contribution >= 4 is 18.1 Å². The summed E-state index contributed by atoms with van der Waals surface area (Å²) < 4.78 is 39.6. The molecule has 0 amide bonds. The van der Waals surface area contributed by atoms with Crippen LogP contribution in [0.3, 0.4) is 0 Å². The number of aromatic nitrogens is 2. The molecule has 0 aliphatic carbocycles. The molecule has 1 atom stereocenters. The van der Waals surface area contributed by atoms with E-state index in [-0.39, 0.29) is 35.7 Å². The molecule has 0 saturated carbocycles. The van der Waals surface area contributed by atoms with Crippen LogP contribution in [0.15, 0.2) is 16.7 Å². The number of benzene rings is 1. The highest BCUT2D eigenvalue weighted by molar-refractivity contribution is 5.85. The third-order valence-corrected chi connectivity index (χ3v) is 4.18. The van der Waals surface area contributed by atoms with Gasteiger partial charge in [0.15, 0.2) is 17.3 Å². The summed E-state index contributed by atoms with van der Waals surface area (Å²) in [7, 11) is 3.13. The normalized spacial score (nSPS) is 17.2. The average Bonchev–Trinajstić information content (AvgIpc) is 3.11. The van der Waals surface area contributed by atoms with E-state index in [4.69, 9.17) is 9.26 Å². The lowest BCUT2D eigenvalue weighted by molar-refractivity contribution is -0.384. The summed E-state index contributed by atoms with van der Waals surface area (Å²) in [5.41, 5.74) is -0.569. The summed E-state index contributed by atoms with van der Waals surface area (Å²) in [6.45, 7) is -0.954. The molecule has 1 saturated heterocycles. The van der Waals surface area contributed by atoms with Crippen LogP contribution < -0.4 is 14.8 Å². The molecule has 28 heavy (non-hydrogen) atoms. The zero-order chi connectivity index (χ0) is 19.6. The molecule has 1 unspecified atom stereocenters. The molecule has 1 aliphatic heterocycles. The third kappa shape index (κ3) is 4.46. The Bertz CT molecular complexity index is 837. The van der Waals surface area contributed by atoms with Crippen LogP contribution in [0.2, 0.25) is 0 Å². The van der Waals surface area contributed by atoms with E-state index in [1.54, 1.807) is 0 Å². The summed E-state index contributed by atoms with van der Waals surface area (Å²) in [6.07, 6.45) is 0. The molecule has 1 aromatic carbocycles. The number of alkyl halides is 2. The van der Waals surface area contributed by atoms with Crippen molar-refractivity contribution in [3.05, 3.63) is 28.1 Å². The highest BCUT2D eigenvalue weighted by Crippen LogP contribution is 2.40. The van der Waals surface area contributed by atoms with Crippen LogP contribution in [-0.4, -0.2) is 60.4 Å². The second kappa shape index (κ2) is 9.08. The number of hydrogen-bond donors (Lipinski definition) is 1. The highest BCUT2D eigenvalue weighted by Gasteiger charge is 2.29. The van der Waals surface area contributed by atoms with Gasteiger partial charge < -0.3 is 19.3 Å². The first kappa shape index (κ1) is 21.7. The van der Waals surface area contributed by atoms with Crippen molar-refractivity contribution in [1.82, 2.24) is 20.4 Å². The van der Waals surface area contributed by atoms with Gasteiger partial charge in [-0.25, -0.2) is 0 Å². The van der Waals surface area contributed by atoms with E-state index in [9.17, 15) is 18.9 Å². The Morgan fingerprint density at radius 3 is 2.79 bits per heavy atom. The van der Waals surface area contributed by atoms with Crippen molar-refractivity contribution in [3.63, 3.8) is 0 Å². The van der Waals surface area contributed by atoms with Crippen molar-refractivity contribution in [2.45, 2.75) is 12.7 Å². The van der Waals surface area contributed by atoms with Gasteiger partial charge in [-0.1, -0.05) is 5.16 Å². The van der Waals surface area contributed by atoms with Crippen molar-refractivity contribution in [1.29, 1.82) is 0 Å². The zero-order valence-corrected chi connectivity index (χ0v) is 15.7. The Morgan fingerprint density at radius 1 is 1.43 bits per heavy atom. The van der Waals surface area contributed by atoms with Gasteiger partial charge in [0.1, 0.15) is 5.56 Å². The Balaban J connectivity index is 0.00000280. The van der Waals surface area contributed by atoms with E-state index in [1.165, 1.54) is 7.11 Å². The molecule has 0 bridgehead atoms. The fraction of sp³-hybridized carbons (Fsp3) is 0.467. The van der Waals surface area contributed by atoms with E-state index >= 15 is 0 Å². The van der Waals surface area contributed by atoms with Gasteiger partial charge in [0.2, 0.25) is 0 Å². The van der Waals surface area contributed by atoms with Crippen LogP contribution in [0, 0.1) is 10.1 Å². The van der Waals surface area contributed by atoms with E-state index in [0.717, 1.165) is 25.2 Å². The maximum absolute atomic E-state index is 12.5. The molecule has 2 aromatic rings. The monoisotopic (exact) mass is 421 g/mol. The fourth-order valence-electron chi connectivity index (χ4n) is 2.79. The number of nitro benzene ring substituents is 1. The van der Waals surface area contributed by atoms with Crippen LogP contribution in [0.4, 0.5) is 14.5 Å². The molecule has 1 fully saturated rings. The number of nitrogens with one attached hydrogen (secondary N) is 1. The van der Waals surface area contributed by atoms with Gasteiger partial charge in [-0.3, -0.25) is 15.0 Å². The Kier molecular flexibility index (Phi) is 7.05. The summed E-state index contributed by atoms with van der Waals surface area (Å²) in [6, 6.07) is 1.85. The molecule has 2 heterocycles. The van der Waals surface area contributed by atoms with Gasteiger partial charge in [-0.15, -0.1) is 12.4 Å². The fourth-order valence-corrected chi connectivity index (χ4v) is 2.79. The Labute approximate surface area is 164 Å². The molecule has 1 aromatic heterocycles. The minimum Gasteiger partial charge on any atom is -0.493 e. The van der Waals surface area contributed by atoms with Gasteiger partial charge in [-0.05, 0) is 7.05 Å². The maximum atomic E-state index is 12.5. The average molecular weight is 422 g/mol. The van der Waals surface area contributed by atoms with Gasteiger partial charge in [0.05, 0.1) is 24.1 Å². The van der Waals surface area contributed by atoms with E-state index < -0.39 is 23.0 Å². The Morgan fingerprint density at radius 2 is 2.18 bits per heavy atom. The van der Waals surface area contributed by atoms with Gasteiger partial charge in [0, 0.05) is 25.7 Å². The first-order chi connectivity index (χ1) is 12.9. The molecule has 1 N–H and O–H groups in total. The van der Waals surface area contributed by atoms with Gasteiger partial charge >= 0.3 is 6.61 Å². The van der Waals surface area contributed by atoms with Crippen LogP contribution in [0.1, 0.15) is 11.9 Å². The number of rotatable bonds is 6. The van der Waals surface area contributed by atoms with E-state index in [1.807, 2.05) is 11.9 Å². The molecule has 10 nitrogen and oxygen atoms in total.